The summed E-state index contributed by atoms with van der Waals surface area (Å²) in [5, 5.41) is 0. The van der Waals surface area contributed by atoms with Crippen molar-refractivity contribution in [3.63, 3.8) is 0 Å². The van der Waals surface area contributed by atoms with E-state index in [0.29, 0.717) is 18.6 Å². The molecule has 1 aromatic carbocycles. The van der Waals surface area contributed by atoms with Gasteiger partial charge in [0.15, 0.2) is 23.1 Å². The third-order valence-corrected chi connectivity index (χ3v) is 3.23. The van der Waals surface area contributed by atoms with Gasteiger partial charge in [-0.1, -0.05) is 0 Å². The predicted octanol–water partition coefficient (Wildman–Crippen LogP) is 2.38. The highest BCUT2D eigenvalue weighted by Gasteiger charge is 2.40. The number of alkyl halides is 1. The van der Waals surface area contributed by atoms with Gasteiger partial charge in [-0.25, -0.2) is 19.0 Å². The number of hydrogen-bond donors (Lipinski definition) is 2. The smallest absolute Gasteiger partial charge is 0.270 e. The molecule has 0 bridgehead atoms. The van der Waals surface area contributed by atoms with Gasteiger partial charge in [0, 0.05) is 13.0 Å². The van der Waals surface area contributed by atoms with E-state index in [2.05, 4.69) is 0 Å². The molecule has 1 amide bonds. The molecule has 0 aromatic heterocycles. The van der Waals surface area contributed by atoms with Crippen LogP contribution in [0.2, 0.25) is 0 Å². The number of hydrazine groups is 1. The number of carbonyl (C=O) groups is 1. The summed E-state index contributed by atoms with van der Waals surface area (Å²) in [6.07, 6.45) is 0.351. The number of methoxy groups -OCH3 is 1. The zero-order valence-electron chi connectivity index (χ0n) is 11.1. The summed E-state index contributed by atoms with van der Waals surface area (Å²) in [6, 6.07) is 1.40. The number of halogens is 5. The molecule has 3 N–H and O–H groups in total. The Morgan fingerprint density at radius 2 is 1.90 bits per heavy atom. The van der Waals surface area contributed by atoms with Gasteiger partial charge in [-0.15, -0.1) is 24.0 Å². The molecule has 0 heterocycles. The van der Waals surface area contributed by atoms with Crippen LogP contribution in [0, 0.1) is 17.5 Å². The third kappa shape index (κ3) is 4.00. The number of rotatable bonds is 6. The molecule has 0 spiro atoms. The Hall–Kier alpha value is -1.02. The van der Waals surface area contributed by atoms with E-state index in [1.807, 2.05) is 5.43 Å². The molecule has 9 heteroatoms. The number of benzene rings is 1. The Bertz CT molecular complexity index is 482. The Morgan fingerprint density at radius 3 is 2.29 bits per heavy atom. The van der Waals surface area contributed by atoms with Crippen molar-refractivity contribution in [3.8, 4) is 0 Å². The van der Waals surface area contributed by atoms with Crippen molar-refractivity contribution in [1.29, 1.82) is 0 Å². The van der Waals surface area contributed by atoms with Crippen LogP contribution in [-0.2, 0) is 15.1 Å². The third-order valence-electron chi connectivity index (χ3n) is 2.96. The monoisotopic (exact) mass is 346 g/mol. The number of amides is 1. The second kappa shape index (κ2) is 8.43. The van der Waals surface area contributed by atoms with Crippen molar-refractivity contribution in [3.05, 3.63) is 35.1 Å². The molecular weight excluding hydrogens is 332 g/mol. The first kappa shape index (κ1) is 20.0. The van der Waals surface area contributed by atoms with Crippen molar-refractivity contribution in [2.24, 2.45) is 5.84 Å². The first-order valence-corrected chi connectivity index (χ1v) is 6.23. The molecule has 21 heavy (non-hydrogen) atoms. The van der Waals surface area contributed by atoms with Gasteiger partial charge in [0.05, 0.1) is 0 Å². The molecule has 1 rings (SSSR count). The van der Waals surface area contributed by atoms with Crippen LogP contribution in [-0.4, -0.2) is 18.9 Å². The van der Waals surface area contributed by atoms with Gasteiger partial charge in [-0.3, -0.25) is 10.2 Å². The summed E-state index contributed by atoms with van der Waals surface area (Å²) in [4.78, 5) is 11.9. The van der Waals surface area contributed by atoms with Crippen molar-refractivity contribution >= 4 is 29.9 Å². The predicted molar refractivity (Wildman–Crippen MR) is 74.5 cm³/mol. The van der Waals surface area contributed by atoms with Gasteiger partial charge in [0.25, 0.3) is 5.91 Å². The Labute approximate surface area is 131 Å². The van der Waals surface area contributed by atoms with Crippen LogP contribution < -0.4 is 11.3 Å². The van der Waals surface area contributed by atoms with Crippen molar-refractivity contribution in [2.75, 3.05) is 13.0 Å². The lowest BCUT2D eigenvalue weighted by Crippen LogP contribution is -2.48. The van der Waals surface area contributed by atoms with E-state index >= 15 is 0 Å². The molecule has 0 saturated carbocycles. The molecule has 1 atom stereocenters. The zero-order valence-corrected chi connectivity index (χ0v) is 12.7. The van der Waals surface area contributed by atoms with E-state index in [0.717, 1.165) is 0 Å². The topological polar surface area (TPSA) is 64.3 Å². The fraction of sp³-hybridized carbons (Fsp3) is 0.417. The van der Waals surface area contributed by atoms with Crippen LogP contribution >= 0.6 is 24.0 Å². The number of ether oxygens (including phenoxy) is 1. The van der Waals surface area contributed by atoms with E-state index in [9.17, 15) is 18.0 Å². The Morgan fingerprint density at radius 1 is 1.38 bits per heavy atom. The number of hydrogen-bond acceptors (Lipinski definition) is 3. The Kier molecular flexibility index (Phi) is 8.02. The maximum absolute atomic E-state index is 13.3. The van der Waals surface area contributed by atoms with Crippen molar-refractivity contribution < 1.29 is 22.7 Å². The average molecular weight is 347 g/mol. The van der Waals surface area contributed by atoms with Crippen molar-refractivity contribution in [2.45, 2.75) is 18.4 Å². The normalized spacial score (nSPS) is 13.2. The molecule has 120 valence electrons. The summed E-state index contributed by atoms with van der Waals surface area (Å²) < 4.78 is 44.8. The molecule has 1 unspecified atom stereocenters. The molecule has 0 radical (unpaired) electrons. The maximum atomic E-state index is 13.3. The standard InChI is InChI=1S/C12H14ClF3N2O2.ClH/c1-20-12(3-2-4-13,11(19)18-17)7-5-8(14)10(16)9(15)6-7;/h5-6H,2-4,17H2,1H3,(H,18,19);1H. The van der Waals surface area contributed by atoms with E-state index in [-0.39, 0.29) is 30.3 Å². The van der Waals surface area contributed by atoms with Crippen LogP contribution in [0.15, 0.2) is 12.1 Å². The lowest BCUT2D eigenvalue weighted by molar-refractivity contribution is -0.146. The van der Waals surface area contributed by atoms with E-state index in [4.69, 9.17) is 22.2 Å². The number of nitrogens with one attached hydrogen (secondary N) is 1. The van der Waals surface area contributed by atoms with Gasteiger partial charge < -0.3 is 4.74 Å². The molecule has 0 saturated heterocycles. The summed E-state index contributed by atoms with van der Waals surface area (Å²) in [5.41, 5.74) is -0.0414. The van der Waals surface area contributed by atoms with Crippen LogP contribution in [0.3, 0.4) is 0 Å². The lowest BCUT2D eigenvalue weighted by atomic mass is 9.88. The summed E-state index contributed by atoms with van der Waals surface area (Å²) in [7, 11) is 1.18. The second-order valence-corrected chi connectivity index (χ2v) is 4.43. The molecule has 0 fully saturated rings. The van der Waals surface area contributed by atoms with Gasteiger partial charge in [0.1, 0.15) is 0 Å². The summed E-state index contributed by atoms with van der Waals surface area (Å²) in [6.45, 7) is 0. The largest absolute Gasteiger partial charge is 0.364 e. The fourth-order valence-electron chi connectivity index (χ4n) is 1.92. The molecule has 0 aliphatic rings. The minimum atomic E-state index is -1.74. The second-order valence-electron chi connectivity index (χ2n) is 4.05. The minimum absolute atomic E-state index is 0. The molecule has 1 aromatic rings. The van der Waals surface area contributed by atoms with E-state index in [1.54, 1.807) is 0 Å². The van der Waals surface area contributed by atoms with Crippen LogP contribution in [0.1, 0.15) is 18.4 Å². The first-order chi connectivity index (χ1) is 9.42. The van der Waals surface area contributed by atoms with Crippen LogP contribution in [0.25, 0.3) is 0 Å². The van der Waals surface area contributed by atoms with Gasteiger partial charge in [-0.2, -0.15) is 0 Å². The molecule has 0 aliphatic carbocycles. The number of nitrogens with two attached hydrogens (primary N) is 1. The summed E-state index contributed by atoms with van der Waals surface area (Å²) in [5.74, 6) is 0.00874. The summed E-state index contributed by atoms with van der Waals surface area (Å²) >= 11 is 5.56. The number of carbonyl (C=O) groups excluding carboxylic acids is 1. The Balaban J connectivity index is 0.00000400. The van der Waals surface area contributed by atoms with Gasteiger partial charge in [-0.05, 0) is 30.5 Å². The SMILES string of the molecule is COC(CCCCl)(C(=O)NN)c1cc(F)c(F)c(F)c1.Cl. The highest BCUT2D eigenvalue weighted by molar-refractivity contribution is 6.17. The molecular formula is C12H15Cl2F3N2O2. The quantitative estimate of drug-likeness (QED) is 0.273. The molecule has 4 nitrogen and oxygen atoms in total. The molecule has 0 aliphatic heterocycles. The minimum Gasteiger partial charge on any atom is -0.364 e. The maximum Gasteiger partial charge on any atom is 0.270 e. The van der Waals surface area contributed by atoms with Crippen molar-refractivity contribution in [1.82, 2.24) is 5.43 Å². The van der Waals surface area contributed by atoms with Crippen LogP contribution in [0.5, 0.6) is 0 Å². The zero-order chi connectivity index (χ0) is 15.3. The van der Waals surface area contributed by atoms with Gasteiger partial charge in [0.2, 0.25) is 0 Å². The highest BCUT2D eigenvalue weighted by Crippen LogP contribution is 2.32. The van der Waals surface area contributed by atoms with E-state index in [1.165, 1.54) is 7.11 Å². The highest BCUT2D eigenvalue weighted by atomic mass is 35.5. The lowest BCUT2D eigenvalue weighted by Gasteiger charge is -2.30. The average Bonchev–Trinajstić information content (AvgIpc) is 2.45. The first-order valence-electron chi connectivity index (χ1n) is 5.70. The fourth-order valence-corrected chi connectivity index (χ4v) is 2.06. The van der Waals surface area contributed by atoms with Gasteiger partial charge >= 0.3 is 0 Å². The van der Waals surface area contributed by atoms with E-state index < -0.39 is 29.0 Å². The van der Waals surface area contributed by atoms with Crippen LogP contribution in [0.4, 0.5) is 13.2 Å².